The van der Waals surface area contributed by atoms with Gasteiger partial charge in [0.2, 0.25) is 0 Å². The maximum absolute atomic E-state index is 12.7. The fraction of sp³-hybridized carbons (Fsp3) is 0.538. The van der Waals surface area contributed by atoms with Gasteiger partial charge in [-0.3, -0.25) is 0 Å². The molecule has 1 aromatic carbocycles. The Morgan fingerprint density at radius 3 is 2.53 bits per heavy atom. The van der Waals surface area contributed by atoms with E-state index in [1.54, 1.807) is 18.2 Å². The first-order valence-electron chi connectivity index (χ1n) is 6.15. The van der Waals surface area contributed by atoms with Gasteiger partial charge in [0.1, 0.15) is 12.3 Å². The molecule has 0 atom stereocenters. The normalized spacial score (nSPS) is 15.4. The zero-order valence-electron chi connectivity index (χ0n) is 10.7. The van der Waals surface area contributed by atoms with Crippen LogP contribution in [-0.2, 0) is 6.54 Å². The van der Waals surface area contributed by atoms with E-state index >= 15 is 0 Å². The zero-order valence-corrected chi connectivity index (χ0v) is 10.7. The fourth-order valence-corrected chi connectivity index (χ4v) is 2.10. The van der Waals surface area contributed by atoms with Crippen molar-refractivity contribution >= 4 is 5.69 Å². The van der Waals surface area contributed by atoms with Crippen molar-refractivity contribution in [1.29, 1.82) is 0 Å². The molecule has 1 aliphatic carbocycles. The average Bonchev–Trinajstić information content (AvgIpc) is 3.18. The Morgan fingerprint density at radius 1 is 1.37 bits per heavy atom. The first kappa shape index (κ1) is 14.0. The molecule has 0 heterocycles. The predicted molar refractivity (Wildman–Crippen MR) is 67.3 cm³/mol. The van der Waals surface area contributed by atoms with Gasteiger partial charge in [-0.2, -0.15) is 13.2 Å². The van der Waals surface area contributed by atoms with Crippen molar-refractivity contribution in [3.05, 3.63) is 23.8 Å². The molecule has 1 fully saturated rings. The topological polar surface area (TPSA) is 38.5 Å². The lowest BCUT2D eigenvalue weighted by Gasteiger charge is -2.28. The summed E-state index contributed by atoms with van der Waals surface area (Å²) in [5.41, 5.74) is 6.85. The Bertz CT molecular complexity index is 444. The third-order valence-corrected chi connectivity index (χ3v) is 3.16. The number of hydrogen-bond acceptors (Lipinski definition) is 3. The van der Waals surface area contributed by atoms with Gasteiger partial charge in [0, 0.05) is 24.3 Å². The van der Waals surface area contributed by atoms with Crippen LogP contribution in [0.5, 0.6) is 5.75 Å². The number of alkyl halides is 3. The van der Waals surface area contributed by atoms with E-state index in [-0.39, 0.29) is 12.6 Å². The van der Waals surface area contributed by atoms with Crippen LogP contribution in [0.4, 0.5) is 18.9 Å². The molecule has 1 saturated carbocycles. The summed E-state index contributed by atoms with van der Waals surface area (Å²) in [7, 11) is 1.49. The molecule has 0 saturated heterocycles. The number of nitrogens with zero attached hydrogens (tertiary/aromatic N) is 1. The SMILES string of the molecule is COc1ccc(CN)c(N(CC(F)(F)F)C2CC2)c1. The molecule has 0 amide bonds. The standard InChI is InChI=1S/C13H17F3N2O/c1-19-11-5-2-9(7-17)12(6-11)18(10-3-4-10)8-13(14,15)16/h2,5-6,10H,3-4,7-8,17H2,1H3. The molecule has 3 nitrogen and oxygen atoms in total. The Morgan fingerprint density at radius 2 is 2.05 bits per heavy atom. The van der Waals surface area contributed by atoms with E-state index in [0.717, 1.165) is 12.8 Å². The predicted octanol–water partition coefficient (Wildman–Crippen LogP) is 2.69. The monoisotopic (exact) mass is 274 g/mol. The van der Waals surface area contributed by atoms with Crippen molar-refractivity contribution in [1.82, 2.24) is 0 Å². The Labute approximate surface area is 110 Å². The van der Waals surface area contributed by atoms with Gasteiger partial charge in [-0.05, 0) is 24.5 Å². The summed E-state index contributed by atoms with van der Waals surface area (Å²) < 4.78 is 43.2. The van der Waals surface area contributed by atoms with Crippen LogP contribution < -0.4 is 15.4 Å². The van der Waals surface area contributed by atoms with Crippen LogP contribution in [0.2, 0.25) is 0 Å². The van der Waals surface area contributed by atoms with E-state index in [2.05, 4.69) is 0 Å². The highest BCUT2D eigenvalue weighted by atomic mass is 19.4. The van der Waals surface area contributed by atoms with Crippen LogP contribution in [0.3, 0.4) is 0 Å². The number of rotatable bonds is 5. The second kappa shape index (κ2) is 5.28. The molecule has 106 valence electrons. The lowest BCUT2D eigenvalue weighted by molar-refractivity contribution is -0.120. The second-order valence-corrected chi connectivity index (χ2v) is 4.67. The van der Waals surface area contributed by atoms with Crippen molar-refractivity contribution < 1.29 is 17.9 Å². The Kier molecular flexibility index (Phi) is 3.89. The Balaban J connectivity index is 2.34. The number of hydrogen-bond donors (Lipinski definition) is 1. The van der Waals surface area contributed by atoms with Gasteiger partial charge in [-0.15, -0.1) is 0 Å². The highest BCUT2D eigenvalue weighted by molar-refractivity contribution is 5.59. The zero-order chi connectivity index (χ0) is 14.0. The van der Waals surface area contributed by atoms with Gasteiger partial charge in [0.15, 0.2) is 0 Å². The van der Waals surface area contributed by atoms with E-state index in [1.807, 2.05) is 0 Å². The average molecular weight is 274 g/mol. The van der Waals surface area contributed by atoms with Crippen LogP contribution in [-0.4, -0.2) is 25.9 Å². The number of ether oxygens (including phenoxy) is 1. The van der Waals surface area contributed by atoms with E-state index in [0.29, 0.717) is 17.0 Å². The molecule has 6 heteroatoms. The quantitative estimate of drug-likeness (QED) is 0.897. The van der Waals surface area contributed by atoms with Gasteiger partial charge in [-0.1, -0.05) is 6.07 Å². The number of anilines is 1. The van der Waals surface area contributed by atoms with Gasteiger partial charge >= 0.3 is 6.18 Å². The third kappa shape index (κ3) is 3.53. The first-order valence-corrected chi connectivity index (χ1v) is 6.15. The van der Waals surface area contributed by atoms with Gasteiger partial charge in [0.25, 0.3) is 0 Å². The van der Waals surface area contributed by atoms with Crippen LogP contribution in [0.15, 0.2) is 18.2 Å². The molecule has 2 N–H and O–H groups in total. The van der Waals surface area contributed by atoms with Crippen molar-refractivity contribution in [2.24, 2.45) is 5.73 Å². The summed E-state index contributed by atoms with van der Waals surface area (Å²) in [5.74, 6) is 0.542. The van der Waals surface area contributed by atoms with Crippen molar-refractivity contribution in [2.45, 2.75) is 31.6 Å². The molecule has 1 aromatic rings. The molecule has 0 radical (unpaired) electrons. The van der Waals surface area contributed by atoms with Gasteiger partial charge in [-0.25, -0.2) is 0 Å². The number of benzene rings is 1. The minimum absolute atomic E-state index is 0.0426. The number of nitrogens with two attached hydrogens (primary N) is 1. The highest BCUT2D eigenvalue weighted by Crippen LogP contribution is 2.37. The van der Waals surface area contributed by atoms with E-state index in [4.69, 9.17) is 10.5 Å². The summed E-state index contributed by atoms with van der Waals surface area (Å²) in [5, 5.41) is 0. The lowest BCUT2D eigenvalue weighted by Crippen LogP contribution is -2.36. The smallest absolute Gasteiger partial charge is 0.405 e. The molecule has 0 aromatic heterocycles. The summed E-state index contributed by atoms with van der Waals surface area (Å²) >= 11 is 0. The van der Waals surface area contributed by atoms with Crippen LogP contribution in [0.25, 0.3) is 0 Å². The minimum Gasteiger partial charge on any atom is -0.497 e. The number of methoxy groups -OCH3 is 1. The molecule has 2 rings (SSSR count). The molecule has 0 aliphatic heterocycles. The maximum atomic E-state index is 12.7. The first-order chi connectivity index (χ1) is 8.94. The van der Waals surface area contributed by atoms with E-state index in [9.17, 15) is 13.2 Å². The molecular formula is C13H17F3N2O. The number of halogens is 3. The molecule has 0 spiro atoms. The van der Waals surface area contributed by atoms with Crippen LogP contribution in [0.1, 0.15) is 18.4 Å². The second-order valence-electron chi connectivity index (χ2n) is 4.67. The Hall–Kier alpha value is -1.43. The maximum Gasteiger partial charge on any atom is 0.405 e. The summed E-state index contributed by atoms with van der Waals surface area (Å²) in [6.45, 7) is -0.738. The summed E-state index contributed by atoms with van der Waals surface area (Å²) in [4.78, 5) is 1.39. The largest absolute Gasteiger partial charge is 0.497 e. The highest BCUT2D eigenvalue weighted by Gasteiger charge is 2.38. The lowest BCUT2D eigenvalue weighted by atomic mass is 10.1. The van der Waals surface area contributed by atoms with Crippen LogP contribution >= 0.6 is 0 Å². The molecule has 0 bridgehead atoms. The molecule has 0 unspecified atom stereocenters. The fourth-order valence-electron chi connectivity index (χ4n) is 2.10. The molecule has 19 heavy (non-hydrogen) atoms. The van der Waals surface area contributed by atoms with Crippen molar-refractivity contribution in [3.8, 4) is 5.75 Å². The third-order valence-electron chi connectivity index (χ3n) is 3.16. The molecular weight excluding hydrogens is 257 g/mol. The minimum atomic E-state index is -4.22. The van der Waals surface area contributed by atoms with E-state index < -0.39 is 12.7 Å². The summed E-state index contributed by atoms with van der Waals surface area (Å²) in [6.07, 6.45) is -2.65. The van der Waals surface area contributed by atoms with Crippen molar-refractivity contribution in [2.75, 3.05) is 18.6 Å². The van der Waals surface area contributed by atoms with Gasteiger partial charge < -0.3 is 15.4 Å². The summed E-state index contributed by atoms with van der Waals surface area (Å²) in [6, 6.07) is 5.02. The van der Waals surface area contributed by atoms with Gasteiger partial charge in [0.05, 0.1) is 7.11 Å². The molecule has 1 aliphatic rings. The van der Waals surface area contributed by atoms with Crippen molar-refractivity contribution in [3.63, 3.8) is 0 Å². The van der Waals surface area contributed by atoms with Crippen LogP contribution in [0, 0.1) is 0 Å². The van der Waals surface area contributed by atoms with E-state index in [1.165, 1.54) is 12.0 Å².